The van der Waals surface area contributed by atoms with E-state index in [0.29, 0.717) is 27.2 Å². The van der Waals surface area contributed by atoms with Crippen molar-refractivity contribution in [2.45, 2.75) is 14.9 Å². The fourth-order valence-electron chi connectivity index (χ4n) is 2.53. The van der Waals surface area contributed by atoms with Crippen LogP contribution in [0.25, 0.3) is 0 Å². The van der Waals surface area contributed by atoms with Gasteiger partial charge in [-0.05, 0) is 30.3 Å². The first-order valence-corrected chi connectivity index (χ1v) is 11.7. The molecule has 0 fully saturated rings. The Hall–Kier alpha value is -2.82. The normalized spacial score (nSPS) is 11.1. The molecule has 3 rings (SSSR count). The Kier molecular flexibility index (Phi) is 7.37. The summed E-state index contributed by atoms with van der Waals surface area (Å²) in [6.45, 7) is 0. The molecule has 1 amide bonds. The van der Waals surface area contributed by atoms with Crippen LogP contribution in [0.2, 0.25) is 5.02 Å². The highest BCUT2D eigenvalue weighted by molar-refractivity contribution is 7.99. The number of amides is 1. The fourth-order valence-corrected chi connectivity index (χ4v) is 4.54. The molecule has 2 aromatic carbocycles. The lowest BCUT2D eigenvalue weighted by Crippen LogP contribution is -2.15. The van der Waals surface area contributed by atoms with Crippen LogP contribution in [0.4, 0.5) is 5.69 Å². The summed E-state index contributed by atoms with van der Waals surface area (Å²) in [6, 6.07) is 13.9. The number of ether oxygens (including phenoxy) is 2. The van der Waals surface area contributed by atoms with Gasteiger partial charge in [-0.25, -0.2) is 8.42 Å². The largest absolute Gasteiger partial charge is 0.495 e. The van der Waals surface area contributed by atoms with Crippen molar-refractivity contribution in [3.8, 4) is 11.5 Å². The van der Waals surface area contributed by atoms with Crippen LogP contribution in [0.3, 0.4) is 0 Å². The summed E-state index contributed by atoms with van der Waals surface area (Å²) in [5.74, 6) is 0.514. The van der Waals surface area contributed by atoms with Gasteiger partial charge in [0.25, 0.3) is 0 Å². The Morgan fingerprint density at radius 3 is 2.35 bits per heavy atom. The van der Waals surface area contributed by atoms with E-state index in [-0.39, 0.29) is 21.6 Å². The molecule has 0 bridgehead atoms. The third-order valence-electron chi connectivity index (χ3n) is 4.04. The summed E-state index contributed by atoms with van der Waals surface area (Å²) in [5.41, 5.74) is 0.397. The lowest BCUT2D eigenvalue weighted by Gasteiger charge is -2.13. The zero-order chi connectivity index (χ0) is 22.4. The van der Waals surface area contributed by atoms with E-state index in [1.165, 1.54) is 44.6 Å². The third kappa shape index (κ3) is 5.46. The Morgan fingerprint density at radius 2 is 1.74 bits per heavy atom. The van der Waals surface area contributed by atoms with Crippen LogP contribution < -0.4 is 14.8 Å². The Balaban J connectivity index is 1.64. The number of thioether (sulfide) groups is 1. The smallest absolute Gasteiger partial charge is 0.234 e. The molecule has 1 heterocycles. The van der Waals surface area contributed by atoms with Crippen molar-refractivity contribution >= 4 is 44.8 Å². The minimum Gasteiger partial charge on any atom is -0.495 e. The number of hydrogen-bond donors (Lipinski definition) is 1. The molecule has 0 spiro atoms. The summed E-state index contributed by atoms with van der Waals surface area (Å²) < 4.78 is 35.5. The molecule has 0 aliphatic heterocycles. The number of aromatic nitrogens is 2. The second-order valence-corrected chi connectivity index (χ2v) is 9.35. The van der Waals surface area contributed by atoms with Gasteiger partial charge in [-0.3, -0.25) is 4.79 Å². The molecule has 0 aliphatic rings. The summed E-state index contributed by atoms with van der Waals surface area (Å²) in [5, 5.41) is 11.0. The van der Waals surface area contributed by atoms with Gasteiger partial charge in [0.05, 0.1) is 35.6 Å². The van der Waals surface area contributed by atoms with E-state index in [4.69, 9.17) is 21.1 Å². The van der Waals surface area contributed by atoms with E-state index < -0.39 is 9.84 Å². The van der Waals surface area contributed by atoms with E-state index in [9.17, 15) is 13.2 Å². The second kappa shape index (κ2) is 9.99. The third-order valence-corrected chi connectivity index (χ3v) is 6.92. The van der Waals surface area contributed by atoms with Gasteiger partial charge in [-0.15, -0.1) is 10.2 Å². The maximum absolute atomic E-state index is 12.5. The molecule has 3 aromatic rings. The number of nitrogens with zero attached hydrogens (tertiary/aromatic N) is 2. The highest BCUT2D eigenvalue weighted by atomic mass is 35.5. The maximum atomic E-state index is 12.5. The maximum Gasteiger partial charge on any atom is 0.234 e. The predicted octanol–water partition coefficient (Wildman–Crippen LogP) is 3.71. The number of sulfone groups is 1. The lowest BCUT2D eigenvalue weighted by atomic mass is 10.2. The Morgan fingerprint density at radius 1 is 1.03 bits per heavy atom. The van der Waals surface area contributed by atoms with Crippen molar-refractivity contribution in [3.05, 3.63) is 59.6 Å². The van der Waals surface area contributed by atoms with Crippen LogP contribution in [0.15, 0.2) is 69.5 Å². The molecule has 1 aromatic heterocycles. The van der Waals surface area contributed by atoms with Crippen LogP contribution in [-0.2, 0) is 14.6 Å². The average molecular weight is 480 g/mol. The van der Waals surface area contributed by atoms with E-state index >= 15 is 0 Å². The standard InChI is InChI=1S/C20H18ClN3O5S2/c1-28-16-11-17(29-2)15(10-14(16)21)22-18(25)12-30-19-8-9-20(24-23-19)31(26,27)13-6-4-3-5-7-13/h3-11H,12H2,1-2H3,(H,22,25). The number of carbonyl (C=O) groups is 1. The molecular weight excluding hydrogens is 462 g/mol. The molecule has 0 saturated heterocycles. The zero-order valence-electron chi connectivity index (χ0n) is 16.5. The van der Waals surface area contributed by atoms with Crippen LogP contribution in [0.5, 0.6) is 11.5 Å². The SMILES string of the molecule is COc1cc(OC)c(NC(=O)CSc2ccc(S(=O)(=O)c3ccccc3)nn2)cc1Cl. The molecule has 0 saturated carbocycles. The highest BCUT2D eigenvalue weighted by Crippen LogP contribution is 2.36. The second-order valence-electron chi connectivity index (χ2n) is 6.05. The first-order valence-electron chi connectivity index (χ1n) is 8.83. The van der Waals surface area contributed by atoms with Crippen molar-refractivity contribution in [2.24, 2.45) is 0 Å². The van der Waals surface area contributed by atoms with Gasteiger partial charge in [0.2, 0.25) is 15.7 Å². The van der Waals surface area contributed by atoms with Crippen molar-refractivity contribution in [1.29, 1.82) is 0 Å². The molecule has 0 radical (unpaired) electrons. The summed E-state index contributed by atoms with van der Waals surface area (Å²) >= 11 is 7.22. The minimum absolute atomic E-state index is 0.0201. The van der Waals surface area contributed by atoms with Crippen LogP contribution >= 0.6 is 23.4 Å². The highest BCUT2D eigenvalue weighted by Gasteiger charge is 2.19. The first-order chi connectivity index (χ1) is 14.8. The molecular formula is C20H18ClN3O5S2. The van der Waals surface area contributed by atoms with E-state index in [0.717, 1.165) is 11.8 Å². The average Bonchev–Trinajstić information content (AvgIpc) is 2.79. The quantitative estimate of drug-likeness (QED) is 0.487. The molecule has 11 heteroatoms. The van der Waals surface area contributed by atoms with Gasteiger partial charge in [-0.1, -0.05) is 41.6 Å². The van der Waals surface area contributed by atoms with Crippen molar-refractivity contribution in [3.63, 3.8) is 0 Å². The number of carbonyl (C=O) groups excluding carboxylic acids is 1. The van der Waals surface area contributed by atoms with Gasteiger partial charge in [0.1, 0.15) is 16.5 Å². The molecule has 0 aliphatic carbocycles. The topological polar surface area (TPSA) is 107 Å². The molecule has 0 atom stereocenters. The molecule has 31 heavy (non-hydrogen) atoms. The lowest BCUT2D eigenvalue weighted by molar-refractivity contribution is -0.113. The Labute approximate surface area is 188 Å². The van der Waals surface area contributed by atoms with Gasteiger partial charge in [-0.2, -0.15) is 0 Å². The fraction of sp³-hybridized carbons (Fsp3) is 0.150. The van der Waals surface area contributed by atoms with Gasteiger partial charge in [0.15, 0.2) is 5.03 Å². The minimum atomic E-state index is -3.74. The number of anilines is 1. The van der Waals surface area contributed by atoms with E-state index in [2.05, 4.69) is 15.5 Å². The predicted molar refractivity (Wildman–Crippen MR) is 118 cm³/mol. The van der Waals surface area contributed by atoms with Crippen molar-refractivity contribution in [2.75, 3.05) is 25.3 Å². The number of nitrogens with one attached hydrogen (secondary N) is 1. The molecule has 8 nitrogen and oxygen atoms in total. The van der Waals surface area contributed by atoms with E-state index in [1.807, 2.05) is 0 Å². The molecule has 1 N–H and O–H groups in total. The van der Waals surface area contributed by atoms with Gasteiger partial charge in [0, 0.05) is 6.07 Å². The van der Waals surface area contributed by atoms with Crippen molar-refractivity contribution < 1.29 is 22.7 Å². The number of benzene rings is 2. The summed E-state index contributed by atoms with van der Waals surface area (Å²) in [7, 11) is -0.799. The summed E-state index contributed by atoms with van der Waals surface area (Å²) in [4.78, 5) is 12.5. The zero-order valence-corrected chi connectivity index (χ0v) is 18.9. The molecule has 0 unspecified atom stereocenters. The van der Waals surface area contributed by atoms with Gasteiger partial charge >= 0.3 is 0 Å². The first kappa shape index (κ1) is 22.9. The van der Waals surface area contributed by atoms with Gasteiger partial charge < -0.3 is 14.8 Å². The number of methoxy groups -OCH3 is 2. The Bertz CT molecular complexity index is 1170. The van der Waals surface area contributed by atoms with Crippen LogP contribution in [0, 0.1) is 0 Å². The number of rotatable bonds is 8. The molecule has 162 valence electrons. The van der Waals surface area contributed by atoms with Crippen molar-refractivity contribution in [1.82, 2.24) is 10.2 Å². The van der Waals surface area contributed by atoms with Crippen LogP contribution in [-0.4, -0.2) is 44.5 Å². The number of hydrogen-bond acceptors (Lipinski definition) is 8. The number of halogens is 1. The van der Waals surface area contributed by atoms with Crippen LogP contribution in [0.1, 0.15) is 0 Å². The monoisotopic (exact) mass is 479 g/mol. The summed E-state index contributed by atoms with van der Waals surface area (Å²) in [6.07, 6.45) is 0. The van der Waals surface area contributed by atoms with E-state index in [1.54, 1.807) is 24.3 Å².